The Bertz CT molecular complexity index is 2040. The van der Waals surface area contributed by atoms with Crippen LogP contribution in [0.15, 0.2) is 97.1 Å². The van der Waals surface area contributed by atoms with Crippen molar-refractivity contribution in [2.24, 2.45) is 11.3 Å². The van der Waals surface area contributed by atoms with Crippen molar-refractivity contribution in [3.05, 3.63) is 125 Å². The molecule has 4 aromatic carbocycles. The smallest absolute Gasteiger partial charge is 0.274 e. The van der Waals surface area contributed by atoms with Crippen LogP contribution in [0.25, 0.3) is 0 Å². The molecule has 4 saturated heterocycles. The van der Waals surface area contributed by atoms with Gasteiger partial charge in [0.2, 0.25) is 11.8 Å². The molecule has 9 rings (SSSR count). The van der Waals surface area contributed by atoms with E-state index in [0.717, 1.165) is 42.9 Å². The Morgan fingerprint density at radius 2 is 1.36 bits per heavy atom. The number of benzene rings is 4. The van der Waals surface area contributed by atoms with E-state index in [9.17, 15) is 14.7 Å². The molecule has 5 aliphatic rings. The predicted molar refractivity (Wildman–Crippen MR) is 216 cm³/mol. The molecule has 1 aliphatic carbocycles. The van der Waals surface area contributed by atoms with Gasteiger partial charge in [0.1, 0.15) is 5.75 Å². The van der Waals surface area contributed by atoms with Gasteiger partial charge in [-0.05, 0) is 115 Å². The number of aromatic hydroxyl groups is 1. The van der Waals surface area contributed by atoms with Crippen LogP contribution in [0.4, 0.5) is 20.2 Å². The Balaban J connectivity index is 0.782. The van der Waals surface area contributed by atoms with E-state index in [2.05, 4.69) is 68.5 Å². The van der Waals surface area contributed by atoms with Crippen molar-refractivity contribution in [1.29, 1.82) is 0 Å². The minimum absolute atomic E-state index is 0.0640. The molecule has 2 N–H and O–H groups in total. The van der Waals surface area contributed by atoms with Crippen LogP contribution in [0.5, 0.6) is 5.75 Å². The highest BCUT2D eigenvalue weighted by atomic mass is 19.3. The van der Waals surface area contributed by atoms with Crippen LogP contribution in [-0.2, 0) is 15.5 Å². The van der Waals surface area contributed by atoms with E-state index in [0.29, 0.717) is 29.7 Å². The maximum absolute atomic E-state index is 15.6. The van der Waals surface area contributed by atoms with E-state index >= 15 is 8.78 Å². The molecule has 9 heteroatoms. The van der Waals surface area contributed by atoms with Gasteiger partial charge < -0.3 is 19.8 Å². The van der Waals surface area contributed by atoms with Crippen LogP contribution < -0.4 is 15.1 Å². The van der Waals surface area contributed by atoms with Crippen LogP contribution in [-0.4, -0.2) is 67.6 Å². The van der Waals surface area contributed by atoms with Crippen LogP contribution in [0.1, 0.15) is 96.9 Å². The topological polar surface area (TPSA) is 76.1 Å². The summed E-state index contributed by atoms with van der Waals surface area (Å²) in [4.78, 5) is 31.6. The van der Waals surface area contributed by atoms with Crippen molar-refractivity contribution in [3.63, 3.8) is 0 Å². The minimum Gasteiger partial charge on any atom is -0.508 e. The summed E-state index contributed by atoms with van der Waals surface area (Å²) in [5.41, 5.74) is 6.26. The summed E-state index contributed by atoms with van der Waals surface area (Å²) in [6, 6.07) is 31.2. The van der Waals surface area contributed by atoms with Gasteiger partial charge in [-0.25, -0.2) is 8.78 Å². The zero-order valence-corrected chi connectivity index (χ0v) is 32.0. The first-order chi connectivity index (χ1) is 27.1. The lowest BCUT2D eigenvalue weighted by atomic mass is 9.68. The molecule has 4 heterocycles. The average molecular weight is 759 g/mol. The van der Waals surface area contributed by atoms with Crippen LogP contribution in [0, 0.1) is 11.3 Å². The number of alkyl halides is 2. The van der Waals surface area contributed by atoms with Crippen molar-refractivity contribution in [2.75, 3.05) is 55.6 Å². The molecule has 4 aromatic rings. The second kappa shape index (κ2) is 15.0. The summed E-state index contributed by atoms with van der Waals surface area (Å²) in [5.74, 6) is -3.68. The lowest BCUT2D eigenvalue weighted by Crippen LogP contribution is -2.43. The number of phenols is 1. The first-order valence-corrected chi connectivity index (χ1v) is 20.7. The quantitative estimate of drug-likeness (QED) is 0.184. The Labute approximate surface area is 328 Å². The molecule has 1 spiro atoms. The second-order valence-corrected chi connectivity index (χ2v) is 17.3. The molecule has 4 fully saturated rings. The SMILES string of the molecule is O=C1CC[C@@H](c2ccc(N3CCC4(CCN(CC5CCN(c6ccc([C@@H]7c8ccc(O)cc8C(F)(F)C[C@@H]7c7ccccc7)cc6)CC5)C4)CC3)cc2)C(=O)N1. The molecule has 0 unspecified atom stereocenters. The zero-order chi connectivity index (χ0) is 38.4. The van der Waals surface area contributed by atoms with Crippen LogP contribution in [0.2, 0.25) is 0 Å². The molecule has 0 saturated carbocycles. The molecule has 292 valence electrons. The fraction of sp³-hybridized carbons (Fsp3) is 0.447. The minimum atomic E-state index is -3.03. The third kappa shape index (κ3) is 7.31. The maximum atomic E-state index is 15.6. The number of carbonyl (C=O) groups is 2. The summed E-state index contributed by atoms with van der Waals surface area (Å²) in [6.45, 7) is 7.69. The number of hydrogen-bond acceptors (Lipinski definition) is 6. The molecule has 0 radical (unpaired) electrons. The van der Waals surface area contributed by atoms with Gasteiger partial charge in [-0.15, -0.1) is 0 Å². The van der Waals surface area contributed by atoms with E-state index in [1.54, 1.807) is 6.07 Å². The van der Waals surface area contributed by atoms with Crippen molar-refractivity contribution >= 4 is 23.2 Å². The molecule has 56 heavy (non-hydrogen) atoms. The summed E-state index contributed by atoms with van der Waals surface area (Å²) < 4.78 is 31.1. The number of piperidine rings is 3. The lowest BCUT2D eigenvalue weighted by molar-refractivity contribution is -0.134. The van der Waals surface area contributed by atoms with E-state index in [4.69, 9.17) is 0 Å². The number of imide groups is 1. The standard InChI is InChI=1S/C47H52F2N4O3/c48-47(49)29-41(33-4-2-1-3-5-33)44(40-15-14-38(54)28-42(40)47)35-8-12-36(13-9-35)52-23-18-32(19-24-52)30-51-25-20-46(31-51)21-26-53(27-22-46)37-10-6-34(7-11-37)39-16-17-43(55)50-45(39)56/h1-15,28,32,39,41,44,54H,16-27,29-31H2,(H,50,55,56)/t39-,41+,44+/m0/s1. The van der Waals surface area contributed by atoms with Gasteiger partial charge in [0, 0.05) is 80.9 Å². The van der Waals surface area contributed by atoms with Crippen molar-refractivity contribution in [3.8, 4) is 5.75 Å². The number of carbonyl (C=O) groups excluding carboxylic acids is 2. The van der Waals surface area contributed by atoms with Crippen molar-refractivity contribution in [2.45, 2.75) is 75.0 Å². The number of rotatable bonds is 7. The van der Waals surface area contributed by atoms with Gasteiger partial charge in [-0.2, -0.15) is 0 Å². The zero-order valence-electron chi connectivity index (χ0n) is 32.0. The molecule has 2 amide bonds. The first kappa shape index (κ1) is 36.9. The van der Waals surface area contributed by atoms with Gasteiger partial charge in [-0.1, -0.05) is 60.7 Å². The monoisotopic (exact) mass is 758 g/mol. The fourth-order valence-electron chi connectivity index (χ4n) is 10.7. The van der Waals surface area contributed by atoms with E-state index in [-0.39, 0.29) is 47.3 Å². The Morgan fingerprint density at radius 3 is 2.04 bits per heavy atom. The Kier molecular flexibility index (Phi) is 9.84. The summed E-state index contributed by atoms with van der Waals surface area (Å²) in [7, 11) is 0. The van der Waals surface area contributed by atoms with Crippen LogP contribution in [0.3, 0.4) is 0 Å². The third-order valence-electron chi connectivity index (χ3n) is 13.9. The number of halogens is 2. The number of amides is 2. The van der Waals surface area contributed by atoms with Crippen LogP contribution >= 0.6 is 0 Å². The second-order valence-electron chi connectivity index (χ2n) is 17.3. The van der Waals surface area contributed by atoms with E-state index in [1.807, 2.05) is 30.3 Å². The highest BCUT2D eigenvalue weighted by Crippen LogP contribution is 2.55. The highest BCUT2D eigenvalue weighted by molar-refractivity contribution is 6.00. The lowest BCUT2D eigenvalue weighted by Gasteiger charge is -2.41. The first-order valence-electron chi connectivity index (χ1n) is 20.7. The van der Waals surface area contributed by atoms with Gasteiger partial charge in [0.15, 0.2) is 0 Å². The summed E-state index contributed by atoms with van der Waals surface area (Å²) in [6.07, 6.45) is 6.69. The van der Waals surface area contributed by atoms with Crippen molar-refractivity contribution < 1.29 is 23.5 Å². The Morgan fingerprint density at radius 1 is 0.714 bits per heavy atom. The summed E-state index contributed by atoms with van der Waals surface area (Å²) in [5, 5.41) is 12.6. The molecule has 0 aromatic heterocycles. The number of nitrogens with one attached hydrogen (secondary N) is 1. The van der Waals surface area contributed by atoms with Gasteiger partial charge in [0.25, 0.3) is 5.92 Å². The molecular weight excluding hydrogens is 707 g/mol. The number of fused-ring (bicyclic) bond motifs is 1. The molecule has 3 atom stereocenters. The van der Waals surface area contributed by atoms with Gasteiger partial charge in [0.05, 0.1) is 5.92 Å². The summed E-state index contributed by atoms with van der Waals surface area (Å²) >= 11 is 0. The molecule has 0 bridgehead atoms. The molecular formula is C47H52F2N4O3. The number of anilines is 2. The third-order valence-corrected chi connectivity index (χ3v) is 13.9. The highest BCUT2D eigenvalue weighted by Gasteiger charge is 2.47. The Hall–Kier alpha value is -4.76. The predicted octanol–water partition coefficient (Wildman–Crippen LogP) is 8.53. The van der Waals surface area contributed by atoms with E-state index in [1.165, 1.54) is 75.2 Å². The molecule has 7 nitrogen and oxygen atoms in total. The largest absolute Gasteiger partial charge is 0.508 e. The normalized spacial score (nSPS) is 25.3. The fourth-order valence-corrected chi connectivity index (χ4v) is 10.7. The molecule has 4 aliphatic heterocycles. The number of nitrogens with zero attached hydrogens (tertiary/aromatic N) is 3. The van der Waals surface area contributed by atoms with E-state index < -0.39 is 5.92 Å². The van der Waals surface area contributed by atoms with Gasteiger partial charge >= 0.3 is 0 Å². The van der Waals surface area contributed by atoms with Crippen molar-refractivity contribution in [1.82, 2.24) is 10.2 Å². The number of likely N-dealkylation sites (tertiary alicyclic amines) is 1. The number of hydrogen-bond donors (Lipinski definition) is 2. The van der Waals surface area contributed by atoms with Gasteiger partial charge in [-0.3, -0.25) is 14.9 Å². The average Bonchev–Trinajstić information content (AvgIpc) is 3.60. The number of phenolic OH excluding ortho intramolecular Hbond substituents is 1. The maximum Gasteiger partial charge on any atom is 0.274 e.